The van der Waals surface area contributed by atoms with E-state index in [4.69, 9.17) is 4.42 Å². The third kappa shape index (κ3) is 2.01. The lowest BCUT2D eigenvalue weighted by atomic mass is 10.0. The Balaban J connectivity index is 1.88. The Morgan fingerprint density at radius 2 is 2.24 bits per heavy atom. The van der Waals surface area contributed by atoms with Crippen LogP contribution in [0, 0.1) is 0 Å². The van der Waals surface area contributed by atoms with Crippen molar-refractivity contribution in [3.63, 3.8) is 0 Å². The van der Waals surface area contributed by atoms with Crippen molar-refractivity contribution in [2.45, 2.75) is 12.3 Å². The van der Waals surface area contributed by atoms with E-state index < -0.39 is 0 Å². The van der Waals surface area contributed by atoms with Gasteiger partial charge in [-0.15, -0.1) is 10.2 Å². The van der Waals surface area contributed by atoms with Crippen LogP contribution in [0.1, 0.15) is 18.2 Å². The van der Waals surface area contributed by atoms with Crippen LogP contribution in [-0.4, -0.2) is 15.2 Å². The van der Waals surface area contributed by atoms with Crippen molar-refractivity contribution < 1.29 is 4.42 Å². The molecule has 3 rings (SSSR count). The minimum absolute atomic E-state index is 0.193. The van der Waals surface area contributed by atoms with Gasteiger partial charge in [0.25, 0.3) is 0 Å². The molecule has 0 aliphatic heterocycles. The van der Waals surface area contributed by atoms with Gasteiger partial charge in [-0.1, -0.05) is 24.3 Å². The fourth-order valence-electron chi connectivity index (χ4n) is 1.75. The van der Waals surface area contributed by atoms with Crippen molar-refractivity contribution in [1.29, 1.82) is 0 Å². The maximum Gasteiger partial charge on any atom is 0.249 e. The number of rotatable bonds is 2. The van der Waals surface area contributed by atoms with Gasteiger partial charge in [-0.2, -0.15) is 0 Å². The maximum atomic E-state index is 5.66. The fraction of sp³-hybridized carbons (Fsp3) is 0.154. The van der Waals surface area contributed by atoms with Gasteiger partial charge < -0.3 is 4.42 Å². The van der Waals surface area contributed by atoms with Crippen molar-refractivity contribution in [2.75, 3.05) is 0 Å². The molecule has 0 spiro atoms. The van der Waals surface area contributed by atoms with E-state index in [-0.39, 0.29) is 5.92 Å². The molecule has 2 heterocycles. The second-order valence-electron chi connectivity index (χ2n) is 3.84. The van der Waals surface area contributed by atoms with Crippen LogP contribution in [0.3, 0.4) is 0 Å². The molecule has 4 nitrogen and oxygen atoms in total. The summed E-state index contributed by atoms with van der Waals surface area (Å²) < 4.78 is 5.66. The van der Waals surface area contributed by atoms with E-state index in [9.17, 15) is 0 Å². The Labute approximate surface area is 98.7 Å². The molecule has 0 fully saturated rings. The molecule has 2 aromatic heterocycles. The lowest BCUT2D eigenvalue weighted by molar-refractivity contribution is 0.484. The van der Waals surface area contributed by atoms with Crippen LogP contribution in [0.2, 0.25) is 0 Å². The molecule has 0 radical (unpaired) electrons. The molecule has 0 saturated heterocycles. The quantitative estimate of drug-likeness (QED) is 0.788. The normalized spacial score (nSPS) is 18.5. The molecule has 1 atom stereocenters. The maximum absolute atomic E-state index is 5.66. The summed E-state index contributed by atoms with van der Waals surface area (Å²) >= 11 is 0. The molecule has 0 amide bonds. The van der Waals surface area contributed by atoms with E-state index in [2.05, 4.69) is 27.3 Å². The van der Waals surface area contributed by atoms with Gasteiger partial charge in [0.15, 0.2) is 0 Å². The highest BCUT2D eigenvalue weighted by atomic mass is 16.4. The summed E-state index contributed by atoms with van der Waals surface area (Å²) in [6.07, 6.45) is 12.5. The van der Waals surface area contributed by atoms with Crippen molar-refractivity contribution in [2.24, 2.45) is 0 Å². The lowest BCUT2D eigenvalue weighted by Crippen LogP contribution is -1.96. The number of aromatic nitrogens is 3. The number of hydrogen-bond donors (Lipinski definition) is 0. The minimum Gasteiger partial charge on any atom is -0.420 e. The highest BCUT2D eigenvalue weighted by molar-refractivity contribution is 5.50. The van der Waals surface area contributed by atoms with Crippen molar-refractivity contribution in [3.05, 3.63) is 54.7 Å². The number of hydrogen-bond acceptors (Lipinski definition) is 4. The lowest BCUT2D eigenvalue weighted by Gasteiger charge is -2.06. The van der Waals surface area contributed by atoms with Gasteiger partial charge in [-0.3, -0.25) is 4.98 Å². The monoisotopic (exact) mass is 225 g/mol. The molecule has 1 unspecified atom stereocenters. The first-order valence-electron chi connectivity index (χ1n) is 5.50. The van der Waals surface area contributed by atoms with Crippen LogP contribution >= 0.6 is 0 Å². The Morgan fingerprint density at radius 1 is 1.24 bits per heavy atom. The fourth-order valence-corrected chi connectivity index (χ4v) is 1.75. The van der Waals surface area contributed by atoms with Crippen LogP contribution in [0.4, 0.5) is 0 Å². The molecule has 2 aromatic rings. The van der Waals surface area contributed by atoms with Gasteiger partial charge in [0.2, 0.25) is 11.8 Å². The zero-order chi connectivity index (χ0) is 11.5. The van der Waals surface area contributed by atoms with E-state index in [1.807, 2.05) is 24.3 Å². The average Bonchev–Trinajstić information content (AvgIpc) is 2.90. The van der Waals surface area contributed by atoms with Gasteiger partial charge in [0, 0.05) is 12.4 Å². The summed E-state index contributed by atoms with van der Waals surface area (Å²) in [5.41, 5.74) is 0.849. The first kappa shape index (κ1) is 9.96. The number of nitrogens with zero attached hydrogens (tertiary/aromatic N) is 3. The third-order valence-corrected chi connectivity index (χ3v) is 2.65. The average molecular weight is 225 g/mol. The van der Waals surface area contributed by atoms with Crippen molar-refractivity contribution in [3.8, 4) is 11.5 Å². The van der Waals surface area contributed by atoms with Crippen LogP contribution in [0.5, 0.6) is 0 Å². The first-order valence-corrected chi connectivity index (χ1v) is 5.50. The molecule has 0 saturated carbocycles. The SMILES string of the molecule is C1=CCC(c2nnc(-c3cccnc3)o2)C=C1. The molecule has 4 heteroatoms. The van der Waals surface area contributed by atoms with Gasteiger partial charge in [0.05, 0.1) is 11.5 Å². The van der Waals surface area contributed by atoms with Gasteiger partial charge >= 0.3 is 0 Å². The molecule has 17 heavy (non-hydrogen) atoms. The van der Waals surface area contributed by atoms with Crippen molar-refractivity contribution >= 4 is 0 Å². The van der Waals surface area contributed by atoms with E-state index >= 15 is 0 Å². The Morgan fingerprint density at radius 3 is 3.00 bits per heavy atom. The molecule has 1 aliphatic rings. The zero-order valence-electron chi connectivity index (χ0n) is 9.15. The molecule has 84 valence electrons. The highest BCUT2D eigenvalue weighted by Crippen LogP contribution is 2.26. The summed E-state index contributed by atoms with van der Waals surface area (Å²) in [5, 5.41) is 8.13. The number of allylic oxidation sites excluding steroid dienone is 4. The topological polar surface area (TPSA) is 51.8 Å². The second kappa shape index (κ2) is 4.33. The largest absolute Gasteiger partial charge is 0.420 e. The molecule has 0 aromatic carbocycles. The van der Waals surface area contributed by atoms with E-state index in [0.29, 0.717) is 11.8 Å². The molecule has 1 aliphatic carbocycles. The summed E-state index contributed by atoms with van der Waals surface area (Å²) in [5.74, 6) is 1.37. The summed E-state index contributed by atoms with van der Waals surface area (Å²) in [6.45, 7) is 0. The second-order valence-corrected chi connectivity index (χ2v) is 3.84. The predicted octanol–water partition coefficient (Wildman–Crippen LogP) is 2.73. The highest BCUT2D eigenvalue weighted by Gasteiger charge is 2.16. The molecule has 0 N–H and O–H groups in total. The van der Waals surface area contributed by atoms with Crippen LogP contribution in [0.25, 0.3) is 11.5 Å². The smallest absolute Gasteiger partial charge is 0.249 e. The number of pyridine rings is 1. The first-order chi connectivity index (χ1) is 8.43. The summed E-state index contributed by atoms with van der Waals surface area (Å²) in [6, 6.07) is 3.75. The Hall–Kier alpha value is -2.23. The van der Waals surface area contributed by atoms with Crippen LogP contribution in [-0.2, 0) is 0 Å². The molecular weight excluding hydrogens is 214 g/mol. The third-order valence-electron chi connectivity index (χ3n) is 2.65. The van der Waals surface area contributed by atoms with Gasteiger partial charge in [-0.25, -0.2) is 0 Å². The Kier molecular flexibility index (Phi) is 2.54. The Bertz CT molecular complexity index is 557. The standard InChI is InChI=1S/C13H11N3O/c1-2-5-10(6-3-1)12-15-16-13(17-12)11-7-4-8-14-9-11/h1-5,7-10H,6H2. The van der Waals surface area contributed by atoms with E-state index in [0.717, 1.165) is 12.0 Å². The predicted molar refractivity (Wildman–Crippen MR) is 63.2 cm³/mol. The van der Waals surface area contributed by atoms with Crippen LogP contribution < -0.4 is 0 Å². The molecule has 0 bridgehead atoms. The summed E-state index contributed by atoms with van der Waals surface area (Å²) in [7, 11) is 0. The van der Waals surface area contributed by atoms with Gasteiger partial charge in [0.1, 0.15) is 0 Å². The summed E-state index contributed by atoms with van der Waals surface area (Å²) in [4.78, 5) is 4.03. The molecular formula is C13H11N3O. The van der Waals surface area contributed by atoms with E-state index in [1.54, 1.807) is 12.4 Å². The van der Waals surface area contributed by atoms with Gasteiger partial charge in [-0.05, 0) is 18.6 Å². The van der Waals surface area contributed by atoms with E-state index in [1.165, 1.54) is 0 Å². The zero-order valence-corrected chi connectivity index (χ0v) is 9.15. The van der Waals surface area contributed by atoms with Crippen molar-refractivity contribution in [1.82, 2.24) is 15.2 Å². The van der Waals surface area contributed by atoms with Crippen LogP contribution in [0.15, 0.2) is 53.2 Å². The minimum atomic E-state index is 0.193.